The Kier molecular flexibility index (Phi) is 3.54. The maximum atomic E-state index is 13.2. The summed E-state index contributed by atoms with van der Waals surface area (Å²) in [6.45, 7) is 0.839. The van der Waals surface area contributed by atoms with E-state index in [9.17, 15) is 4.39 Å². The van der Waals surface area contributed by atoms with Crippen LogP contribution in [0.15, 0.2) is 47.6 Å². The first-order valence-corrected chi connectivity index (χ1v) is 7.77. The molecule has 1 unspecified atom stereocenters. The van der Waals surface area contributed by atoms with Crippen molar-refractivity contribution in [2.45, 2.75) is 18.8 Å². The van der Waals surface area contributed by atoms with Gasteiger partial charge in [-0.3, -0.25) is 0 Å². The number of nitrogens with one attached hydrogen (secondary N) is 2. The number of benzene rings is 2. The Balaban J connectivity index is 1.53. The third-order valence-electron chi connectivity index (χ3n) is 4.18. The van der Waals surface area contributed by atoms with Crippen molar-refractivity contribution < 1.29 is 4.39 Å². The van der Waals surface area contributed by atoms with Crippen molar-refractivity contribution in [1.82, 2.24) is 15.4 Å². The molecule has 1 aliphatic rings. The molecule has 4 nitrogen and oxygen atoms in total. The van der Waals surface area contributed by atoms with Crippen molar-refractivity contribution >= 4 is 17.2 Å². The second-order valence-electron chi connectivity index (χ2n) is 5.84. The molecule has 3 aromatic rings. The second kappa shape index (κ2) is 5.83. The van der Waals surface area contributed by atoms with E-state index in [1.54, 1.807) is 12.1 Å². The van der Waals surface area contributed by atoms with E-state index in [2.05, 4.69) is 32.6 Å². The molecule has 5 heteroatoms. The largest absolute Gasteiger partial charge is 0.342 e. The van der Waals surface area contributed by atoms with Gasteiger partial charge in [0.1, 0.15) is 11.6 Å². The van der Waals surface area contributed by atoms with Crippen LogP contribution in [-0.2, 0) is 12.8 Å². The Bertz CT molecular complexity index is 868. The monoisotopic (exact) mass is 308 g/mol. The summed E-state index contributed by atoms with van der Waals surface area (Å²) in [5, 5.41) is 4.07. The van der Waals surface area contributed by atoms with Crippen LogP contribution in [-0.4, -0.2) is 22.7 Å². The van der Waals surface area contributed by atoms with Gasteiger partial charge in [0.2, 0.25) is 0 Å². The minimum absolute atomic E-state index is 0.191. The number of hydrogen-bond donors (Lipinski definition) is 2. The fourth-order valence-corrected chi connectivity index (χ4v) is 2.93. The average molecular weight is 308 g/mol. The smallest absolute Gasteiger partial charge is 0.123 e. The van der Waals surface area contributed by atoms with Gasteiger partial charge < -0.3 is 10.4 Å². The lowest BCUT2D eigenvalue weighted by Crippen LogP contribution is -2.08. The number of nitrogens with zero attached hydrogens (tertiary/aromatic N) is 2. The molecule has 2 N–H and O–H groups in total. The van der Waals surface area contributed by atoms with Crippen LogP contribution in [0.25, 0.3) is 11.0 Å². The number of hydrogen-bond acceptors (Lipinski definition) is 3. The maximum Gasteiger partial charge on any atom is 0.123 e. The van der Waals surface area contributed by atoms with Crippen molar-refractivity contribution in [1.29, 1.82) is 0 Å². The molecule has 0 saturated heterocycles. The van der Waals surface area contributed by atoms with Crippen molar-refractivity contribution in [2.24, 2.45) is 5.10 Å². The van der Waals surface area contributed by atoms with E-state index in [1.807, 2.05) is 18.3 Å². The molecule has 23 heavy (non-hydrogen) atoms. The molecule has 116 valence electrons. The summed E-state index contributed by atoms with van der Waals surface area (Å²) in [5.74, 6) is 1.06. The second-order valence-corrected chi connectivity index (χ2v) is 5.84. The van der Waals surface area contributed by atoms with Crippen LogP contribution in [0, 0.1) is 5.82 Å². The summed E-state index contributed by atoms with van der Waals surface area (Å²) in [6.07, 6.45) is 3.46. The van der Waals surface area contributed by atoms with E-state index in [0.29, 0.717) is 5.92 Å². The lowest BCUT2D eigenvalue weighted by atomic mass is 10.0. The molecule has 0 saturated carbocycles. The Morgan fingerprint density at radius 1 is 1.13 bits per heavy atom. The number of H-pyrrole nitrogens is 1. The highest BCUT2D eigenvalue weighted by Gasteiger charge is 2.14. The highest BCUT2D eigenvalue weighted by molar-refractivity contribution is 5.79. The Morgan fingerprint density at radius 2 is 2.09 bits per heavy atom. The van der Waals surface area contributed by atoms with Gasteiger partial charge >= 0.3 is 0 Å². The first-order chi connectivity index (χ1) is 11.3. The normalized spacial score (nSPS) is 16.8. The zero-order valence-electron chi connectivity index (χ0n) is 12.6. The molecule has 0 amide bonds. The van der Waals surface area contributed by atoms with Crippen LogP contribution < -0.4 is 5.43 Å². The number of hydrazone groups is 1. The van der Waals surface area contributed by atoms with E-state index >= 15 is 0 Å². The molecule has 0 aliphatic carbocycles. The van der Waals surface area contributed by atoms with Crippen molar-refractivity contribution in [3.8, 4) is 0 Å². The van der Waals surface area contributed by atoms with Crippen LogP contribution in [0.4, 0.5) is 4.39 Å². The molecule has 0 radical (unpaired) electrons. The van der Waals surface area contributed by atoms with Crippen LogP contribution in [0.3, 0.4) is 0 Å². The molecule has 0 bridgehead atoms. The number of aromatic nitrogens is 2. The molecule has 1 atom stereocenters. The van der Waals surface area contributed by atoms with Gasteiger partial charge in [-0.2, -0.15) is 5.10 Å². The first kappa shape index (κ1) is 13.9. The summed E-state index contributed by atoms with van der Waals surface area (Å²) in [6, 6.07) is 13.0. The summed E-state index contributed by atoms with van der Waals surface area (Å²) in [7, 11) is 0. The highest BCUT2D eigenvalue weighted by Crippen LogP contribution is 2.21. The highest BCUT2D eigenvalue weighted by atomic mass is 19.1. The summed E-state index contributed by atoms with van der Waals surface area (Å²) < 4.78 is 13.2. The standard InChI is InChI=1S/C18H17FN4/c19-15-3-1-2-12(8-15)4-7-18-22-16-6-5-13(9-17(16)23-18)14-10-20-21-11-14/h1-3,5-6,8-10,14,21H,4,7,11H2,(H,22,23). The third kappa shape index (κ3) is 2.95. The topological polar surface area (TPSA) is 53.1 Å². The number of aryl methyl sites for hydroxylation is 2. The Hall–Kier alpha value is -2.69. The molecule has 2 heterocycles. The van der Waals surface area contributed by atoms with Gasteiger partial charge in [-0.1, -0.05) is 18.2 Å². The summed E-state index contributed by atoms with van der Waals surface area (Å²) in [5.41, 5.74) is 7.20. The average Bonchev–Trinajstić information content (AvgIpc) is 3.21. The van der Waals surface area contributed by atoms with Crippen molar-refractivity contribution in [3.05, 3.63) is 65.2 Å². The zero-order chi connectivity index (χ0) is 15.6. The molecule has 1 aliphatic heterocycles. The summed E-state index contributed by atoms with van der Waals surface area (Å²) in [4.78, 5) is 7.99. The number of aromatic amines is 1. The van der Waals surface area contributed by atoms with Crippen molar-refractivity contribution in [3.63, 3.8) is 0 Å². The van der Waals surface area contributed by atoms with E-state index in [-0.39, 0.29) is 5.82 Å². The van der Waals surface area contributed by atoms with E-state index in [0.717, 1.165) is 41.8 Å². The van der Waals surface area contributed by atoms with Crippen LogP contribution in [0.2, 0.25) is 0 Å². The van der Waals surface area contributed by atoms with E-state index < -0.39 is 0 Å². The Labute approximate surface area is 133 Å². The first-order valence-electron chi connectivity index (χ1n) is 7.77. The van der Waals surface area contributed by atoms with Gasteiger partial charge in [0.05, 0.1) is 11.0 Å². The SMILES string of the molecule is Fc1cccc(CCc2nc3ccc(C4C=NNC4)cc3[nH]2)c1. The number of fused-ring (bicyclic) bond motifs is 1. The minimum Gasteiger partial charge on any atom is -0.342 e. The van der Waals surface area contributed by atoms with Gasteiger partial charge in [0.25, 0.3) is 0 Å². The van der Waals surface area contributed by atoms with Gasteiger partial charge in [0, 0.05) is 25.1 Å². The van der Waals surface area contributed by atoms with E-state index in [4.69, 9.17) is 0 Å². The number of rotatable bonds is 4. The third-order valence-corrected chi connectivity index (χ3v) is 4.18. The lowest BCUT2D eigenvalue weighted by Gasteiger charge is -2.05. The fourth-order valence-electron chi connectivity index (χ4n) is 2.93. The van der Waals surface area contributed by atoms with Gasteiger partial charge in [-0.05, 0) is 41.8 Å². The zero-order valence-corrected chi connectivity index (χ0v) is 12.6. The molecular formula is C18H17FN4. The van der Waals surface area contributed by atoms with E-state index in [1.165, 1.54) is 11.6 Å². The minimum atomic E-state index is -0.191. The van der Waals surface area contributed by atoms with Crippen LogP contribution in [0.1, 0.15) is 22.9 Å². The summed E-state index contributed by atoms with van der Waals surface area (Å²) >= 11 is 0. The molecular weight excluding hydrogens is 291 g/mol. The molecule has 0 spiro atoms. The molecule has 1 aromatic heterocycles. The Morgan fingerprint density at radius 3 is 2.91 bits per heavy atom. The number of imidazole rings is 1. The van der Waals surface area contributed by atoms with Crippen LogP contribution in [0.5, 0.6) is 0 Å². The van der Waals surface area contributed by atoms with Crippen molar-refractivity contribution in [2.75, 3.05) is 6.54 Å². The molecule has 2 aromatic carbocycles. The molecule has 4 rings (SSSR count). The van der Waals surface area contributed by atoms with Gasteiger partial charge in [-0.15, -0.1) is 0 Å². The lowest BCUT2D eigenvalue weighted by molar-refractivity contribution is 0.625. The predicted molar refractivity (Wildman–Crippen MR) is 89.1 cm³/mol. The molecule has 0 fully saturated rings. The van der Waals surface area contributed by atoms with Gasteiger partial charge in [0.15, 0.2) is 0 Å². The predicted octanol–water partition coefficient (Wildman–Crippen LogP) is 3.16. The number of halogens is 1. The van der Waals surface area contributed by atoms with Crippen LogP contribution >= 0.6 is 0 Å². The fraction of sp³-hybridized carbons (Fsp3) is 0.222. The quantitative estimate of drug-likeness (QED) is 0.778. The maximum absolute atomic E-state index is 13.2. The van der Waals surface area contributed by atoms with Gasteiger partial charge in [-0.25, -0.2) is 9.37 Å².